The molecule has 0 aliphatic carbocycles. The van der Waals surface area contributed by atoms with Crippen molar-refractivity contribution in [2.45, 2.75) is 13.0 Å². The second-order valence-corrected chi connectivity index (χ2v) is 7.71. The van der Waals surface area contributed by atoms with Crippen LogP contribution in [0.5, 0.6) is 0 Å². The van der Waals surface area contributed by atoms with Crippen LogP contribution in [0.2, 0.25) is 5.02 Å². The normalized spacial score (nSPS) is 12.5. The summed E-state index contributed by atoms with van der Waals surface area (Å²) in [6.45, 7) is 4.28. The molecular weight excluding hydrogens is 463 g/mol. The van der Waals surface area contributed by atoms with E-state index >= 15 is 4.39 Å². The molecule has 1 amide bonds. The smallest absolute Gasteiger partial charge is 0.277 e. The predicted molar refractivity (Wildman–Crippen MR) is 117 cm³/mol. The Bertz CT molecular complexity index is 983. The van der Waals surface area contributed by atoms with Gasteiger partial charge in [0, 0.05) is 23.6 Å². The summed E-state index contributed by atoms with van der Waals surface area (Å²) in [6.07, 6.45) is 3.78. The summed E-state index contributed by atoms with van der Waals surface area (Å²) in [7, 11) is 1.82. The van der Waals surface area contributed by atoms with Gasteiger partial charge in [0.2, 0.25) is 0 Å². The van der Waals surface area contributed by atoms with Gasteiger partial charge in [0.15, 0.2) is 5.82 Å². The number of halogens is 3. The molecule has 0 saturated carbocycles. The molecule has 0 saturated heterocycles. The summed E-state index contributed by atoms with van der Waals surface area (Å²) in [5, 5.41) is 3.30. The average Bonchev–Trinajstić information content (AvgIpc) is 2.68. The second kappa shape index (κ2) is 9.39. The van der Waals surface area contributed by atoms with Crippen molar-refractivity contribution in [1.82, 2.24) is 10.4 Å². The Morgan fingerprint density at radius 1 is 1.48 bits per heavy atom. The van der Waals surface area contributed by atoms with Gasteiger partial charge in [0.1, 0.15) is 5.69 Å². The first-order valence-electron chi connectivity index (χ1n) is 8.75. The van der Waals surface area contributed by atoms with Gasteiger partial charge < -0.3 is 10.2 Å². The number of anilines is 2. The fourth-order valence-corrected chi connectivity index (χ4v) is 3.48. The molecule has 2 aromatic rings. The van der Waals surface area contributed by atoms with E-state index in [1.54, 1.807) is 41.6 Å². The van der Waals surface area contributed by atoms with Gasteiger partial charge in [-0.25, -0.2) is 14.9 Å². The lowest BCUT2D eigenvalue weighted by Crippen LogP contribution is -2.26. The number of carbonyl (C=O) groups is 1. The Labute approximate surface area is 181 Å². The molecule has 0 spiro atoms. The fraction of sp³-hybridized carbons (Fsp3) is 0.200. The minimum atomic E-state index is -0.637. The first kappa shape index (κ1) is 21.3. The standard InChI is InChI=1S/C20H19BrClFN4O2/c1-3-4-7-29-26-20(28)14-8-12-10-27(2)11-24-18(12)17(23)19(14)25-16-6-5-13(21)9-15(16)22/h3,5-6,8-9,11,25H,1,4,7,10H2,2H3,(H,26,28). The molecular formula is C20H19BrClFN4O2. The quantitative estimate of drug-likeness (QED) is 0.319. The van der Waals surface area contributed by atoms with Crippen molar-refractivity contribution in [1.29, 1.82) is 0 Å². The van der Waals surface area contributed by atoms with Crippen molar-refractivity contribution in [3.63, 3.8) is 0 Å². The monoisotopic (exact) mass is 480 g/mol. The minimum Gasteiger partial charge on any atom is -0.361 e. The Kier molecular flexibility index (Phi) is 6.89. The maximum atomic E-state index is 15.4. The number of benzene rings is 2. The maximum Gasteiger partial charge on any atom is 0.277 e. The molecule has 0 atom stereocenters. The summed E-state index contributed by atoms with van der Waals surface area (Å²) < 4.78 is 16.1. The van der Waals surface area contributed by atoms with Crippen molar-refractivity contribution >= 4 is 56.8 Å². The van der Waals surface area contributed by atoms with Gasteiger partial charge in [-0.05, 0) is 30.7 Å². The first-order valence-corrected chi connectivity index (χ1v) is 9.92. The third kappa shape index (κ3) is 4.95. The summed E-state index contributed by atoms with van der Waals surface area (Å²) in [6, 6.07) is 6.72. The number of hydroxylamine groups is 1. The molecule has 1 aliphatic heterocycles. The van der Waals surface area contributed by atoms with E-state index in [0.29, 0.717) is 29.2 Å². The molecule has 2 N–H and O–H groups in total. The highest BCUT2D eigenvalue weighted by Gasteiger charge is 2.25. The lowest BCUT2D eigenvalue weighted by Gasteiger charge is -2.23. The zero-order chi connectivity index (χ0) is 21.0. The molecule has 0 aromatic heterocycles. The van der Waals surface area contributed by atoms with E-state index in [2.05, 4.69) is 38.3 Å². The van der Waals surface area contributed by atoms with Crippen molar-refractivity contribution in [2.75, 3.05) is 19.0 Å². The van der Waals surface area contributed by atoms with E-state index in [0.717, 1.165) is 4.47 Å². The number of hydrogen-bond donors (Lipinski definition) is 2. The Morgan fingerprint density at radius 2 is 2.28 bits per heavy atom. The second-order valence-electron chi connectivity index (χ2n) is 6.39. The van der Waals surface area contributed by atoms with Crippen LogP contribution in [-0.2, 0) is 11.4 Å². The van der Waals surface area contributed by atoms with Crippen molar-refractivity contribution in [3.05, 3.63) is 63.4 Å². The fourth-order valence-electron chi connectivity index (χ4n) is 2.76. The van der Waals surface area contributed by atoms with Gasteiger partial charge in [-0.2, -0.15) is 0 Å². The third-order valence-corrected chi connectivity index (χ3v) is 4.95. The topological polar surface area (TPSA) is 66.0 Å². The summed E-state index contributed by atoms with van der Waals surface area (Å²) in [4.78, 5) is 23.8. The van der Waals surface area contributed by atoms with E-state index in [4.69, 9.17) is 16.4 Å². The molecule has 1 aliphatic rings. The van der Waals surface area contributed by atoms with Crippen LogP contribution in [0.25, 0.3) is 0 Å². The molecule has 2 aromatic carbocycles. The molecule has 1 heterocycles. The first-order chi connectivity index (χ1) is 13.9. The molecule has 0 radical (unpaired) electrons. The Morgan fingerprint density at radius 3 is 3.00 bits per heavy atom. The van der Waals surface area contributed by atoms with Crippen molar-refractivity contribution in [3.8, 4) is 0 Å². The van der Waals surface area contributed by atoms with Gasteiger partial charge in [0.05, 0.1) is 34.9 Å². The van der Waals surface area contributed by atoms with Crippen LogP contribution in [0.4, 0.5) is 21.5 Å². The zero-order valence-corrected chi connectivity index (χ0v) is 18.0. The third-order valence-electron chi connectivity index (χ3n) is 4.15. The summed E-state index contributed by atoms with van der Waals surface area (Å²) >= 11 is 9.59. The lowest BCUT2D eigenvalue weighted by molar-refractivity contribution is 0.0330. The van der Waals surface area contributed by atoms with E-state index in [-0.39, 0.29) is 23.5 Å². The molecule has 3 rings (SSSR count). The SMILES string of the molecule is C=CCCONC(=O)c1cc2c(c(F)c1Nc1ccc(Br)cc1Cl)N=CN(C)C2. The van der Waals surface area contributed by atoms with E-state index < -0.39 is 11.7 Å². The Balaban J connectivity index is 2.01. The highest BCUT2D eigenvalue weighted by Crippen LogP contribution is 2.38. The largest absolute Gasteiger partial charge is 0.361 e. The molecule has 29 heavy (non-hydrogen) atoms. The van der Waals surface area contributed by atoms with Crippen LogP contribution in [0.15, 0.2) is 46.4 Å². The summed E-state index contributed by atoms with van der Waals surface area (Å²) in [5.74, 6) is -1.22. The van der Waals surface area contributed by atoms with E-state index in [9.17, 15) is 4.79 Å². The highest BCUT2D eigenvalue weighted by molar-refractivity contribution is 9.10. The van der Waals surface area contributed by atoms with Crippen LogP contribution in [0.3, 0.4) is 0 Å². The van der Waals surface area contributed by atoms with Gasteiger partial charge in [-0.3, -0.25) is 9.63 Å². The maximum absolute atomic E-state index is 15.4. The van der Waals surface area contributed by atoms with Gasteiger partial charge in [0.25, 0.3) is 5.91 Å². The number of aliphatic imine (C=N–C) groups is 1. The highest BCUT2D eigenvalue weighted by atomic mass is 79.9. The van der Waals surface area contributed by atoms with Crippen LogP contribution in [0.1, 0.15) is 22.3 Å². The minimum absolute atomic E-state index is 0.0282. The molecule has 0 unspecified atom stereocenters. The van der Waals surface area contributed by atoms with Crippen LogP contribution in [-0.4, -0.2) is 30.8 Å². The van der Waals surface area contributed by atoms with Crippen molar-refractivity contribution < 1.29 is 14.0 Å². The number of nitrogens with one attached hydrogen (secondary N) is 2. The van der Waals surface area contributed by atoms with Crippen LogP contribution < -0.4 is 10.8 Å². The number of hydrogen-bond acceptors (Lipinski definition) is 5. The van der Waals surface area contributed by atoms with Gasteiger partial charge in [-0.15, -0.1) is 6.58 Å². The molecule has 9 heteroatoms. The van der Waals surface area contributed by atoms with Crippen LogP contribution >= 0.6 is 27.5 Å². The van der Waals surface area contributed by atoms with Crippen molar-refractivity contribution in [2.24, 2.45) is 4.99 Å². The molecule has 0 bridgehead atoms. The molecule has 6 nitrogen and oxygen atoms in total. The number of fused-ring (bicyclic) bond motifs is 1. The van der Waals surface area contributed by atoms with Crippen LogP contribution in [0, 0.1) is 5.82 Å². The number of rotatable bonds is 7. The lowest BCUT2D eigenvalue weighted by atomic mass is 10.0. The predicted octanol–water partition coefficient (Wildman–Crippen LogP) is 5.33. The number of nitrogens with zero attached hydrogens (tertiary/aromatic N) is 2. The number of carbonyl (C=O) groups excluding carboxylic acids is 1. The van der Waals surface area contributed by atoms with Gasteiger partial charge >= 0.3 is 0 Å². The average molecular weight is 482 g/mol. The molecule has 0 fully saturated rings. The number of amides is 1. The van der Waals surface area contributed by atoms with E-state index in [1.807, 2.05) is 7.05 Å². The van der Waals surface area contributed by atoms with E-state index in [1.165, 1.54) is 0 Å². The molecule has 152 valence electrons. The van der Waals surface area contributed by atoms with Gasteiger partial charge in [-0.1, -0.05) is 33.6 Å². The zero-order valence-electron chi connectivity index (χ0n) is 15.6. The Hall–Kier alpha value is -2.42. The summed E-state index contributed by atoms with van der Waals surface area (Å²) in [5.41, 5.74) is 3.63.